The molecule has 40 heavy (non-hydrogen) atoms. The first-order chi connectivity index (χ1) is 19.8. The topological polar surface area (TPSA) is 49.0 Å². The van der Waals surface area contributed by atoms with Gasteiger partial charge in [-0.05, 0) is 22.3 Å². The van der Waals surface area contributed by atoms with Crippen LogP contribution in [0.25, 0.3) is 0 Å². The number of benzene rings is 4. The van der Waals surface area contributed by atoms with Crippen molar-refractivity contribution in [3.05, 3.63) is 144 Å². The first kappa shape index (κ1) is 28.1. The third kappa shape index (κ3) is 8.07. The lowest BCUT2D eigenvalue weighted by Crippen LogP contribution is -2.65. The van der Waals surface area contributed by atoms with Crippen molar-refractivity contribution in [1.29, 1.82) is 0 Å². The SMILES string of the molecule is S=C1N[C@@H](COCc2ccccc2)[C@H](OCc2ccccc2)[C@H](OCc2ccccc2)[C@H]1OCc1ccccc1. The average Bonchev–Trinajstić information content (AvgIpc) is 3.01. The highest BCUT2D eigenvalue weighted by Gasteiger charge is 2.45. The van der Waals surface area contributed by atoms with Gasteiger partial charge >= 0.3 is 0 Å². The lowest BCUT2D eigenvalue weighted by molar-refractivity contribution is -0.156. The van der Waals surface area contributed by atoms with E-state index in [1.54, 1.807) is 0 Å². The fourth-order valence-corrected chi connectivity index (χ4v) is 5.12. The Balaban J connectivity index is 1.36. The first-order valence-electron chi connectivity index (χ1n) is 13.6. The molecule has 0 unspecified atom stereocenters. The molecule has 1 heterocycles. The molecule has 206 valence electrons. The van der Waals surface area contributed by atoms with Crippen LogP contribution in [0.5, 0.6) is 0 Å². The Morgan fingerprint density at radius 2 is 0.900 bits per heavy atom. The largest absolute Gasteiger partial charge is 0.375 e. The van der Waals surface area contributed by atoms with Crippen molar-refractivity contribution in [3.63, 3.8) is 0 Å². The first-order valence-corrected chi connectivity index (χ1v) is 14.1. The van der Waals surface area contributed by atoms with Crippen LogP contribution in [0.4, 0.5) is 0 Å². The summed E-state index contributed by atoms with van der Waals surface area (Å²) in [6.45, 7) is 2.18. The highest BCUT2D eigenvalue weighted by atomic mass is 32.1. The van der Waals surface area contributed by atoms with Gasteiger partial charge in [0.2, 0.25) is 0 Å². The molecule has 0 saturated carbocycles. The minimum atomic E-state index is -0.481. The monoisotopic (exact) mass is 553 g/mol. The molecule has 1 fully saturated rings. The van der Waals surface area contributed by atoms with Crippen LogP contribution >= 0.6 is 12.2 Å². The summed E-state index contributed by atoms with van der Waals surface area (Å²) in [4.78, 5) is 0.599. The standard InChI is InChI=1S/C34H35NO4S/c40-34-33(39-24-29-19-11-4-12-20-29)32(38-23-28-17-9-3-10-18-28)31(37-22-27-15-7-2-8-16-27)30(35-34)25-36-21-26-13-5-1-6-14-26/h1-20,30-33H,21-25H2,(H,35,40)/t30-,31-,32-,33+/m0/s1. The molecule has 5 rings (SSSR count). The number of piperidine rings is 1. The van der Waals surface area contributed by atoms with Gasteiger partial charge in [0.25, 0.3) is 0 Å². The van der Waals surface area contributed by atoms with Crippen LogP contribution in [0.1, 0.15) is 22.3 Å². The fraction of sp³-hybridized carbons (Fsp3) is 0.265. The minimum absolute atomic E-state index is 0.211. The maximum atomic E-state index is 6.61. The van der Waals surface area contributed by atoms with Crippen molar-refractivity contribution >= 4 is 17.2 Å². The van der Waals surface area contributed by atoms with Crippen LogP contribution in [0.3, 0.4) is 0 Å². The molecule has 0 radical (unpaired) electrons. The number of ether oxygens (including phenoxy) is 4. The highest BCUT2D eigenvalue weighted by Crippen LogP contribution is 2.26. The van der Waals surface area contributed by atoms with Crippen LogP contribution in [0.15, 0.2) is 121 Å². The molecule has 1 aliphatic heterocycles. The quantitative estimate of drug-likeness (QED) is 0.197. The van der Waals surface area contributed by atoms with Gasteiger partial charge in [-0.15, -0.1) is 0 Å². The maximum Gasteiger partial charge on any atom is 0.137 e. The number of thiocarbonyl (C=S) groups is 1. The van der Waals surface area contributed by atoms with Crippen molar-refractivity contribution < 1.29 is 18.9 Å². The predicted molar refractivity (Wildman–Crippen MR) is 161 cm³/mol. The van der Waals surface area contributed by atoms with Crippen molar-refractivity contribution in [1.82, 2.24) is 5.32 Å². The van der Waals surface area contributed by atoms with Gasteiger partial charge in [0, 0.05) is 0 Å². The Kier molecular flexibility index (Phi) is 10.4. The van der Waals surface area contributed by atoms with E-state index in [0.29, 0.717) is 38.0 Å². The summed E-state index contributed by atoms with van der Waals surface area (Å²) < 4.78 is 25.8. The van der Waals surface area contributed by atoms with Crippen LogP contribution in [-0.2, 0) is 45.4 Å². The summed E-state index contributed by atoms with van der Waals surface area (Å²) >= 11 is 5.87. The van der Waals surface area contributed by atoms with Crippen molar-refractivity contribution in [2.75, 3.05) is 6.61 Å². The van der Waals surface area contributed by atoms with Gasteiger partial charge in [0.15, 0.2) is 0 Å². The van der Waals surface area contributed by atoms with E-state index in [0.717, 1.165) is 22.3 Å². The zero-order chi connectivity index (χ0) is 27.4. The van der Waals surface area contributed by atoms with Gasteiger partial charge in [-0.25, -0.2) is 0 Å². The second-order valence-corrected chi connectivity index (χ2v) is 10.3. The smallest absolute Gasteiger partial charge is 0.137 e. The van der Waals surface area contributed by atoms with Gasteiger partial charge in [-0.2, -0.15) is 0 Å². The molecule has 1 aliphatic rings. The molecule has 5 nitrogen and oxygen atoms in total. The third-order valence-electron chi connectivity index (χ3n) is 6.86. The predicted octanol–water partition coefficient (Wildman–Crippen LogP) is 6.26. The second kappa shape index (κ2) is 14.8. The van der Waals surface area contributed by atoms with E-state index >= 15 is 0 Å². The van der Waals surface area contributed by atoms with E-state index in [1.165, 1.54) is 0 Å². The number of nitrogens with one attached hydrogen (secondary N) is 1. The molecule has 6 heteroatoms. The summed E-state index contributed by atoms with van der Waals surface area (Å²) in [5.41, 5.74) is 4.35. The maximum absolute atomic E-state index is 6.61. The molecule has 4 atom stereocenters. The average molecular weight is 554 g/mol. The van der Waals surface area contributed by atoms with Gasteiger partial charge < -0.3 is 24.3 Å². The Morgan fingerprint density at radius 1 is 0.500 bits per heavy atom. The van der Waals surface area contributed by atoms with Crippen molar-refractivity contribution in [3.8, 4) is 0 Å². The lowest BCUT2D eigenvalue weighted by Gasteiger charge is -2.43. The summed E-state index contributed by atoms with van der Waals surface area (Å²) in [5.74, 6) is 0. The fourth-order valence-electron chi connectivity index (χ4n) is 4.77. The second-order valence-electron chi connectivity index (χ2n) is 9.86. The van der Waals surface area contributed by atoms with E-state index < -0.39 is 12.2 Å². The summed E-state index contributed by atoms with van der Waals surface area (Å²) in [5, 5.41) is 3.48. The Labute approximate surface area is 242 Å². The zero-order valence-electron chi connectivity index (χ0n) is 22.4. The van der Waals surface area contributed by atoms with Crippen molar-refractivity contribution in [2.45, 2.75) is 50.8 Å². The molecule has 4 aromatic rings. The zero-order valence-corrected chi connectivity index (χ0v) is 23.2. The Hall–Kier alpha value is -3.39. The van der Waals surface area contributed by atoms with Crippen LogP contribution < -0.4 is 5.32 Å². The number of hydrogen-bond donors (Lipinski definition) is 1. The molecule has 1 N–H and O–H groups in total. The van der Waals surface area contributed by atoms with Crippen LogP contribution in [-0.4, -0.2) is 35.9 Å². The molecule has 0 aromatic heterocycles. The number of rotatable bonds is 13. The van der Waals surface area contributed by atoms with Gasteiger partial charge in [0.1, 0.15) is 23.3 Å². The number of hydrogen-bond acceptors (Lipinski definition) is 5. The Morgan fingerprint density at radius 3 is 1.38 bits per heavy atom. The summed E-state index contributed by atoms with van der Waals surface area (Å²) in [6.07, 6.45) is -1.29. The minimum Gasteiger partial charge on any atom is -0.375 e. The van der Waals surface area contributed by atoms with Gasteiger partial charge in [-0.1, -0.05) is 134 Å². The Bertz CT molecular complexity index is 1290. The van der Waals surface area contributed by atoms with Gasteiger partial charge in [-0.3, -0.25) is 0 Å². The van der Waals surface area contributed by atoms with Crippen LogP contribution in [0, 0.1) is 0 Å². The van der Waals surface area contributed by atoms with Gasteiger partial charge in [0.05, 0.1) is 39.1 Å². The molecule has 0 amide bonds. The molecule has 0 aliphatic carbocycles. The molecule has 4 aromatic carbocycles. The van der Waals surface area contributed by atoms with E-state index in [4.69, 9.17) is 31.2 Å². The molecule has 0 spiro atoms. The molecule has 0 bridgehead atoms. The molecular weight excluding hydrogens is 518 g/mol. The molecular formula is C34H35NO4S. The van der Waals surface area contributed by atoms with Crippen LogP contribution in [0.2, 0.25) is 0 Å². The van der Waals surface area contributed by atoms with E-state index in [9.17, 15) is 0 Å². The normalized spacial score (nSPS) is 20.6. The van der Waals surface area contributed by atoms with E-state index in [2.05, 4.69) is 41.7 Å². The highest BCUT2D eigenvalue weighted by molar-refractivity contribution is 7.80. The summed E-state index contributed by atoms with van der Waals surface area (Å²) in [7, 11) is 0. The molecule has 1 saturated heterocycles. The summed E-state index contributed by atoms with van der Waals surface area (Å²) in [6, 6.07) is 40.3. The van der Waals surface area contributed by atoms with E-state index in [-0.39, 0.29) is 12.1 Å². The van der Waals surface area contributed by atoms with E-state index in [1.807, 2.05) is 84.9 Å². The third-order valence-corrected chi connectivity index (χ3v) is 7.21. The van der Waals surface area contributed by atoms with Crippen molar-refractivity contribution in [2.24, 2.45) is 0 Å². The lowest BCUT2D eigenvalue weighted by atomic mass is 9.95.